The summed E-state index contributed by atoms with van der Waals surface area (Å²) in [4.78, 5) is 27.4. The summed E-state index contributed by atoms with van der Waals surface area (Å²) in [6, 6.07) is 5.35. The predicted octanol–water partition coefficient (Wildman–Crippen LogP) is 3.78. The Labute approximate surface area is 173 Å². The molecule has 3 rings (SSSR count). The second kappa shape index (κ2) is 9.99. The van der Waals surface area contributed by atoms with E-state index in [9.17, 15) is 9.59 Å². The summed E-state index contributed by atoms with van der Waals surface area (Å²) in [5.74, 6) is 1.61. The summed E-state index contributed by atoms with van der Waals surface area (Å²) in [6.07, 6.45) is 7.31. The summed E-state index contributed by atoms with van der Waals surface area (Å²) >= 11 is 0. The highest BCUT2D eigenvalue weighted by Gasteiger charge is 2.29. The number of hydrogen-bond donors (Lipinski definition) is 1. The molecule has 1 aliphatic carbocycles. The van der Waals surface area contributed by atoms with Crippen LogP contribution in [0.1, 0.15) is 69.2 Å². The zero-order valence-electron chi connectivity index (χ0n) is 17.9. The number of likely N-dealkylation sites (tertiary alicyclic amines) is 1. The fraction of sp³-hybridized carbons (Fsp3) is 0.652. The second-order valence-corrected chi connectivity index (χ2v) is 8.44. The Kier molecular flexibility index (Phi) is 7.40. The van der Waals surface area contributed by atoms with Gasteiger partial charge in [-0.3, -0.25) is 9.59 Å². The van der Waals surface area contributed by atoms with E-state index in [1.165, 1.54) is 19.3 Å². The number of rotatable bonds is 6. The van der Waals surface area contributed by atoms with Crippen LogP contribution in [0.5, 0.6) is 11.5 Å². The third kappa shape index (κ3) is 5.64. The molecule has 0 aromatic heterocycles. The van der Waals surface area contributed by atoms with Gasteiger partial charge < -0.3 is 19.7 Å². The zero-order valence-corrected chi connectivity index (χ0v) is 17.9. The van der Waals surface area contributed by atoms with Crippen molar-refractivity contribution in [2.24, 2.45) is 5.92 Å². The predicted molar refractivity (Wildman–Crippen MR) is 112 cm³/mol. The number of amides is 2. The van der Waals surface area contributed by atoms with E-state index < -0.39 is 0 Å². The van der Waals surface area contributed by atoms with Gasteiger partial charge in [0.1, 0.15) is 0 Å². The lowest BCUT2D eigenvalue weighted by Gasteiger charge is -2.35. The highest BCUT2D eigenvalue weighted by atomic mass is 16.5. The van der Waals surface area contributed by atoms with Crippen molar-refractivity contribution in [1.29, 1.82) is 0 Å². The molecule has 29 heavy (non-hydrogen) atoms. The van der Waals surface area contributed by atoms with Crippen LogP contribution < -0.4 is 14.8 Å². The number of benzene rings is 1. The van der Waals surface area contributed by atoms with Crippen molar-refractivity contribution >= 4 is 11.8 Å². The minimum absolute atomic E-state index is 0.0325. The molecule has 0 spiro atoms. The Balaban J connectivity index is 1.52. The first-order valence-electron chi connectivity index (χ1n) is 10.9. The molecule has 2 amide bonds. The van der Waals surface area contributed by atoms with Gasteiger partial charge >= 0.3 is 0 Å². The van der Waals surface area contributed by atoms with Gasteiger partial charge in [0.15, 0.2) is 11.5 Å². The van der Waals surface area contributed by atoms with Crippen molar-refractivity contribution in [3.05, 3.63) is 23.8 Å². The van der Waals surface area contributed by atoms with Gasteiger partial charge in [0.25, 0.3) is 5.91 Å². The van der Waals surface area contributed by atoms with Crippen LogP contribution >= 0.6 is 0 Å². The second-order valence-electron chi connectivity index (χ2n) is 8.44. The fourth-order valence-electron chi connectivity index (χ4n) is 4.28. The molecule has 6 nitrogen and oxygen atoms in total. The van der Waals surface area contributed by atoms with Crippen LogP contribution in [0.15, 0.2) is 18.2 Å². The van der Waals surface area contributed by atoms with E-state index in [0.29, 0.717) is 23.0 Å². The Bertz CT molecular complexity index is 705. The minimum atomic E-state index is -0.114. The molecule has 6 heteroatoms. The SMILES string of the molecule is COc1cc(C(=O)NC2CCN(C(=O)C3CCCCC3)CC2)ccc1OC(C)C. The van der Waals surface area contributed by atoms with Crippen molar-refractivity contribution in [2.45, 2.75) is 70.9 Å². The Morgan fingerprint density at radius 1 is 1.03 bits per heavy atom. The van der Waals surface area contributed by atoms with Crippen LogP contribution in [0.4, 0.5) is 0 Å². The van der Waals surface area contributed by atoms with E-state index in [2.05, 4.69) is 5.32 Å². The molecule has 0 radical (unpaired) electrons. The summed E-state index contributed by atoms with van der Waals surface area (Å²) in [5.41, 5.74) is 0.554. The molecule has 0 bridgehead atoms. The maximum absolute atomic E-state index is 12.7. The average Bonchev–Trinajstić information content (AvgIpc) is 2.74. The summed E-state index contributed by atoms with van der Waals surface area (Å²) in [7, 11) is 1.57. The molecule has 160 valence electrons. The molecule has 1 N–H and O–H groups in total. The standard InChI is InChI=1S/C23H34N2O4/c1-16(2)29-20-10-9-18(15-21(20)28-3)22(26)24-19-11-13-25(14-12-19)23(27)17-7-5-4-6-8-17/h9-10,15-17,19H,4-8,11-14H2,1-3H3,(H,24,26). The lowest BCUT2D eigenvalue weighted by Crippen LogP contribution is -2.48. The molecule has 1 saturated heterocycles. The lowest BCUT2D eigenvalue weighted by molar-refractivity contribution is -0.137. The van der Waals surface area contributed by atoms with E-state index in [0.717, 1.165) is 38.8 Å². The van der Waals surface area contributed by atoms with Crippen molar-refractivity contribution in [1.82, 2.24) is 10.2 Å². The Hall–Kier alpha value is -2.24. The summed E-state index contributed by atoms with van der Waals surface area (Å²) in [6.45, 7) is 5.35. The van der Waals surface area contributed by atoms with E-state index in [1.54, 1.807) is 25.3 Å². The summed E-state index contributed by atoms with van der Waals surface area (Å²) < 4.78 is 11.1. The molecule has 1 saturated carbocycles. The van der Waals surface area contributed by atoms with E-state index in [1.807, 2.05) is 18.7 Å². The summed E-state index contributed by atoms with van der Waals surface area (Å²) in [5, 5.41) is 3.11. The number of ether oxygens (including phenoxy) is 2. The van der Waals surface area contributed by atoms with Crippen LogP contribution in [-0.2, 0) is 4.79 Å². The number of hydrogen-bond acceptors (Lipinski definition) is 4. The number of piperidine rings is 1. The van der Waals surface area contributed by atoms with Crippen molar-refractivity contribution < 1.29 is 19.1 Å². The Morgan fingerprint density at radius 2 is 1.72 bits per heavy atom. The number of nitrogens with one attached hydrogen (secondary N) is 1. The van der Waals surface area contributed by atoms with Crippen LogP contribution in [-0.4, -0.2) is 49.1 Å². The molecule has 1 aromatic carbocycles. The van der Waals surface area contributed by atoms with Crippen molar-refractivity contribution in [2.75, 3.05) is 20.2 Å². The smallest absolute Gasteiger partial charge is 0.251 e. The molecule has 0 atom stereocenters. The fourth-order valence-corrected chi connectivity index (χ4v) is 4.28. The van der Waals surface area contributed by atoms with Gasteiger partial charge in [0.2, 0.25) is 5.91 Å². The van der Waals surface area contributed by atoms with Gasteiger partial charge in [0, 0.05) is 30.6 Å². The molecule has 2 aliphatic rings. The number of methoxy groups -OCH3 is 1. The molecule has 1 aromatic rings. The largest absolute Gasteiger partial charge is 0.493 e. The Morgan fingerprint density at radius 3 is 2.34 bits per heavy atom. The first kappa shape index (κ1) is 21.5. The zero-order chi connectivity index (χ0) is 20.8. The lowest BCUT2D eigenvalue weighted by atomic mass is 9.87. The van der Waals surface area contributed by atoms with Crippen molar-refractivity contribution in [3.63, 3.8) is 0 Å². The number of carbonyl (C=O) groups excluding carboxylic acids is 2. The van der Waals surface area contributed by atoms with Gasteiger partial charge in [-0.2, -0.15) is 0 Å². The maximum Gasteiger partial charge on any atom is 0.251 e. The molecule has 0 unspecified atom stereocenters. The molecular weight excluding hydrogens is 368 g/mol. The third-order valence-electron chi connectivity index (χ3n) is 5.88. The molecule has 2 fully saturated rings. The van der Waals surface area contributed by atoms with Gasteiger partial charge in [-0.1, -0.05) is 19.3 Å². The molecule has 1 aliphatic heterocycles. The molecular formula is C23H34N2O4. The normalized spacial score (nSPS) is 18.6. The number of nitrogens with zero attached hydrogens (tertiary/aromatic N) is 1. The third-order valence-corrected chi connectivity index (χ3v) is 5.88. The quantitative estimate of drug-likeness (QED) is 0.786. The monoisotopic (exact) mass is 402 g/mol. The van der Waals surface area contributed by atoms with E-state index in [4.69, 9.17) is 9.47 Å². The van der Waals surface area contributed by atoms with Crippen LogP contribution in [0.2, 0.25) is 0 Å². The van der Waals surface area contributed by atoms with Crippen LogP contribution in [0.3, 0.4) is 0 Å². The highest BCUT2D eigenvalue weighted by Crippen LogP contribution is 2.29. The van der Waals surface area contributed by atoms with Crippen LogP contribution in [0.25, 0.3) is 0 Å². The van der Waals surface area contributed by atoms with E-state index >= 15 is 0 Å². The number of carbonyl (C=O) groups is 2. The van der Waals surface area contributed by atoms with Gasteiger partial charge in [-0.05, 0) is 57.7 Å². The van der Waals surface area contributed by atoms with Crippen molar-refractivity contribution in [3.8, 4) is 11.5 Å². The van der Waals surface area contributed by atoms with Gasteiger partial charge in [-0.25, -0.2) is 0 Å². The average molecular weight is 403 g/mol. The van der Waals surface area contributed by atoms with Gasteiger partial charge in [0.05, 0.1) is 13.2 Å². The first-order chi connectivity index (χ1) is 14.0. The minimum Gasteiger partial charge on any atom is -0.493 e. The van der Waals surface area contributed by atoms with Crippen LogP contribution in [0, 0.1) is 5.92 Å². The maximum atomic E-state index is 12.7. The van der Waals surface area contributed by atoms with E-state index in [-0.39, 0.29) is 24.0 Å². The first-order valence-corrected chi connectivity index (χ1v) is 10.9. The highest BCUT2D eigenvalue weighted by molar-refractivity contribution is 5.95. The van der Waals surface area contributed by atoms with Gasteiger partial charge in [-0.15, -0.1) is 0 Å². The molecule has 1 heterocycles. The topological polar surface area (TPSA) is 67.9 Å².